The maximum absolute atomic E-state index is 12.9. The predicted molar refractivity (Wildman–Crippen MR) is 107 cm³/mol. The van der Waals surface area contributed by atoms with Gasteiger partial charge < -0.3 is 37.8 Å². The number of nitrogens with zero attached hydrogens (tertiary/aromatic N) is 1. The monoisotopic (exact) mass is 428 g/mol. The van der Waals surface area contributed by atoms with Crippen molar-refractivity contribution < 1.29 is 29.1 Å². The van der Waals surface area contributed by atoms with Crippen molar-refractivity contribution in [3.05, 3.63) is 0 Å². The summed E-state index contributed by atoms with van der Waals surface area (Å²) in [6.07, 6.45) is 2.45. The van der Waals surface area contributed by atoms with E-state index in [9.17, 15) is 29.1 Å². The van der Waals surface area contributed by atoms with Gasteiger partial charge in [0, 0.05) is 13.0 Å². The highest BCUT2D eigenvalue weighted by molar-refractivity contribution is 5.92. The second kappa shape index (κ2) is 12.8. The molecule has 1 heterocycles. The van der Waals surface area contributed by atoms with Gasteiger partial charge in [-0.05, 0) is 45.1 Å². The smallest absolute Gasteiger partial charge is 0.326 e. The standard InChI is InChI=1S/C18H32N6O6/c19-8-2-1-4-12(17(28)24-9-3-5-13(24)18(29)30)23-15(26)10-22-16(27)11(20)6-7-14(21)25/h11-13H,1-10,19-20H2,(H2,21,25)(H,22,27)(H,23,26)(H,29,30). The van der Waals surface area contributed by atoms with Gasteiger partial charge in [0.05, 0.1) is 12.6 Å². The normalized spacial score (nSPS) is 17.8. The lowest BCUT2D eigenvalue weighted by atomic mass is 10.1. The molecule has 170 valence electrons. The Morgan fingerprint density at radius 1 is 1.13 bits per heavy atom. The molecule has 1 saturated heterocycles. The fourth-order valence-electron chi connectivity index (χ4n) is 3.21. The Morgan fingerprint density at radius 2 is 1.83 bits per heavy atom. The molecule has 1 fully saturated rings. The molecule has 0 aromatic rings. The second-order valence-electron chi connectivity index (χ2n) is 7.26. The Morgan fingerprint density at radius 3 is 2.43 bits per heavy atom. The first-order valence-corrected chi connectivity index (χ1v) is 10.0. The minimum absolute atomic E-state index is 0.0501. The SMILES string of the molecule is NCCCCC(NC(=O)CNC(=O)C(N)CCC(N)=O)C(=O)N1CCCC1C(=O)O. The van der Waals surface area contributed by atoms with E-state index >= 15 is 0 Å². The van der Waals surface area contributed by atoms with Crippen molar-refractivity contribution in [2.45, 2.75) is 63.1 Å². The van der Waals surface area contributed by atoms with E-state index < -0.39 is 54.3 Å². The molecule has 0 aromatic carbocycles. The average molecular weight is 428 g/mol. The third-order valence-corrected chi connectivity index (χ3v) is 4.86. The molecule has 30 heavy (non-hydrogen) atoms. The number of aliphatic carboxylic acids is 1. The largest absolute Gasteiger partial charge is 0.480 e. The summed E-state index contributed by atoms with van der Waals surface area (Å²) in [7, 11) is 0. The number of likely N-dealkylation sites (tertiary alicyclic amines) is 1. The molecule has 3 unspecified atom stereocenters. The molecule has 1 rings (SSSR count). The third kappa shape index (κ3) is 8.33. The Kier molecular flexibility index (Phi) is 10.8. The summed E-state index contributed by atoms with van der Waals surface area (Å²) in [6, 6.07) is -2.81. The average Bonchev–Trinajstić information content (AvgIpc) is 3.19. The minimum Gasteiger partial charge on any atom is -0.480 e. The van der Waals surface area contributed by atoms with Crippen LogP contribution in [0.2, 0.25) is 0 Å². The van der Waals surface area contributed by atoms with Crippen molar-refractivity contribution in [2.75, 3.05) is 19.6 Å². The van der Waals surface area contributed by atoms with Gasteiger partial charge in [-0.1, -0.05) is 0 Å². The number of carbonyl (C=O) groups excluding carboxylic acids is 4. The van der Waals surface area contributed by atoms with Gasteiger partial charge in [-0.3, -0.25) is 19.2 Å². The highest BCUT2D eigenvalue weighted by Gasteiger charge is 2.37. The van der Waals surface area contributed by atoms with Gasteiger partial charge in [0.25, 0.3) is 0 Å². The number of carboxylic acids is 1. The summed E-state index contributed by atoms with van der Waals surface area (Å²) < 4.78 is 0. The molecule has 12 nitrogen and oxygen atoms in total. The molecular weight excluding hydrogens is 396 g/mol. The molecule has 4 amide bonds. The van der Waals surface area contributed by atoms with Crippen molar-refractivity contribution >= 4 is 29.6 Å². The second-order valence-corrected chi connectivity index (χ2v) is 7.26. The highest BCUT2D eigenvalue weighted by Crippen LogP contribution is 2.19. The highest BCUT2D eigenvalue weighted by atomic mass is 16.4. The number of primary amides is 1. The molecule has 0 radical (unpaired) electrons. The molecule has 0 aliphatic carbocycles. The van der Waals surface area contributed by atoms with Crippen LogP contribution in [0.4, 0.5) is 0 Å². The van der Waals surface area contributed by atoms with Gasteiger partial charge in [-0.25, -0.2) is 4.79 Å². The van der Waals surface area contributed by atoms with Gasteiger partial charge in [0.2, 0.25) is 23.6 Å². The summed E-state index contributed by atoms with van der Waals surface area (Å²) in [6.45, 7) is 0.326. The van der Waals surface area contributed by atoms with E-state index in [1.54, 1.807) is 0 Å². The third-order valence-electron chi connectivity index (χ3n) is 4.86. The molecule has 12 heteroatoms. The number of hydrogen-bond donors (Lipinski definition) is 6. The fraction of sp³-hybridized carbons (Fsp3) is 0.722. The Balaban J connectivity index is 2.64. The number of nitrogens with one attached hydrogen (secondary N) is 2. The van der Waals surface area contributed by atoms with Crippen LogP contribution in [0.5, 0.6) is 0 Å². The van der Waals surface area contributed by atoms with E-state index in [1.807, 2.05) is 0 Å². The van der Waals surface area contributed by atoms with Gasteiger partial charge in [-0.15, -0.1) is 0 Å². The lowest BCUT2D eigenvalue weighted by Crippen LogP contribution is -2.53. The van der Waals surface area contributed by atoms with Crippen molar-refractivity contribution in [3.8, 4) is 0 Å². The van der Waals surface area contributed by atoms with Gasteiger partial charge in [-0.2, -0.15) is 0 Å². The van der Waals surface area contributed by atoms with Crippen LogP contribution < -0.4 is 27.8 Å². The number of rotatable bonds is 13. The van der Waals surface area contributed by atoms with Crippen LogP contribution >= 0.6 is 0 Å². The van der Waals surface area contributed by atoms with Crippen LogP contribution in [-0.2, 0) is 24.0 Å². The van der Waals surface area contributed by atoms with E-state index in [0.29, 0.717) is 45.2 Å². The van der Waals surface area contributed by atoms with E-state index in [2.05, 4.69) is 10.6 Å². The van der Waals surface area contributed by atoms with E-state index in [0.717, 1.165) is 0 Å². The molecule has 0 bridgehead atoms. The molecule has 0 aromatic heterocycles. The predicted octanol–water partition coefficient (Wildman–Crippen LogP) is -2.62. The molecule has 0 saturated carbocycles. The topological polar surface area (TPSA) is 211 Å². The molecule has 1 aliphatic heterocycles. The van der Waals surface area contributed by atoms with Crippen LogP contribution in [0.3, 0.4) is 0 Å². The summed E-state index contributed by atoms with van der Waals surface area (Å²) in [5.41, 5.74) is 16.1. The lowest BCUT2D eigenvalue weighted by Gasteiger charge is -2.27. The first kappa shape index (κ1) is 25.3. The van der Waals surface area contributed by atoms with E-state index in [4.69, 9.17) is 17.2 Å². The number of amides is 4. The Labute approximate surface area is 174 Å². The van der Waals surface area contributed by atoms with Crippen molar-refractivity contribution in [2.24, 2.45) is 17.2 Å². The molecule has 9 N–H and O–H groups in total. The van der Waals surface area contributed by atoms with Crippen molar-refractivity contribution in [3.63, 3.8) is 0 Å². The van der Waals surface area contributed by atoms with Crippen LogP contribution in [0.1, 0.15) is 44.9 Å². The summed E-state index contributed by atoms with van der Waals surface area (Å²) >= 11 is 0. The minimum atomic E-state index is -1.08. The number of unbranched alkanes of at least 4 members (excludes halogenated alkanes) is 1. The molecule has 0 spiro atoms. The quantitative estimate of drug-likeness (QED) is 0.171. The number of carboxylic acid groups (broad SMARTS) is 1. The zero-order valence-corrected chi connectivity index (χ0v) is 17.0. The van der Waals surface area contributed by atoms with Gasteiger partial charge >= 0.3 is 5.97 Å². The maximum Gasteiger partial charge on any atom is 0.326 e. The van der Waals surface area contributed by atoms with Crippen LogP contribution in [0.15, 0.2) is 0 Å². The first-order valence-electron chi connectivity index (χ1n) is 10.0. The zero-order valence-electron chi connectivity index (χ0n) is 17.0. The van der Waals surface area contributed by atoms with Crippen LogP contribution in [0, 0.1) is 0 Å². The molecule has 3 atom stereocenters. The number of carbonyl (C=O) groups is 5. The lowest BCUT2D eigenvalue weighted by molar-refractivity contribution is -0.149. The first-order chi connectivity index (χ1) is 14.2. The van der Waals surface area contributed by atoms with Gasteiger partial charge in [0.15, 0.2) is 0 Å². The van der Waals surface area contributed by atoms with Crippen LogP contribution in [0.25, 0.3) is 0 Å². The number of nitrogens with two attached hydrogens (primary N) is 3. The Bertz CT molecular complexity index is 643. The summed E-state index contributed by atoms with van der Waals surface area (Å²) in [5.74, 6) is -3.36. The fourth-order valence-corrected chi connectivity index (χ4v) is 3.21. The number of hydrogen-bond acceptors (Lipinski definition) is 7. The van der Waals surface area contributed by atoms with Crippen molar-refractivity contribution in [1.29, 1.82) is 0 Å². The molecule has 1 aliphatic rings. The van der Waals surface area contributed by atoms with Gasteiger partial charge in [0.1, 0.15) is 12.1 Å². The van der Waals surface area contributed by atoms with E-state index in [1.165, 1.54) is 4.90 Å². The maximum atomic E-state index is 12.9. The Hall–Kier alpha value is -2.73. The summed E-state index contributed by atoms with van der Waals surface area (Å²) in [5, 5.41) is 14.2. The van der Waals surface area contributed by atoms with Crippen LogP contribution in [-0.4, -0.2) is 77.4 Å². The molecular formula is C18H32N6O6. The van der Waals surface area contributed by atoms with Crippen molar-refractivity contribution in [1.82, 2.24) is 15.5 Å². The van der Waals surface area contributed by atoms with E-state index in [-0.39, 0.29) is 12.8 Å². The summed E-state index contributed by atoms with van der Waals surface area (Å²) in [4.78, 5) is 60.4. The zero-order chi connectivity index (χ0) is 22.7.